The average Bonchev–Trinajstić information content (AvgIpc) is 3.40. The summed E-state index contributed by atoms with van der Waals surface area (Å²) < 4.78 is 12.7. The van der Waals surface area contributed by atoms with Gasteiger partial charge in [-0.2, -0.15) is 4.68 Å². The number of methoxy groups -OCH3 is 1. The van der Waals surface area contributed by atoms with E-state index >= 15 is 0 Å². The molecule has 0 bridgehead atoms. The molecule has 1 amide bonds. The Labute approximate surface area is 189 Å². The summed E-state index contributed by atoms with van der Waals surface area (Å²) in [6, 6.07) is 10.4. The molecule has 1 aliphatic rings. The molecule has 0 spiro atoms. The summed E-state index contributed by atoms with van der Waals surface area (Å²) >= 11 is 8.43. The smallest absolute Gasteiger partial charge is 0.404 e. The Kier molecular flexibility index (Phi) is 5.57. The number of aromatic nitrogens is 2. The number of rotatable bonds is 6. The number of nitro groups is 1. The summed E-state index contributed by atoms with van der Waals surface area (Å²) in [6.07, 6.45) is 3.03. The van der Waals surface area contributed by atoms with E-state index in [1.54, 1.807) is 36.4 Å². The number of amides is 1. The van der Waals surface area contributed by atoms with Crippen molar-refractivity contribution in [1.82, 2.24) is 15.1 Å². The Bertz CT molecular complexity index is 1230. The number of carbonyl (C=O) groups is 1. The van der Waals surface area contributed by atoms with Gasteiger partial charge in [0.25, 0.3) is 5.91 Å². The lowest BCUT2D eigenvalue weighted by molar-refractivity contribution is -0.390. The van der Waals surface area contributed by atoms with Gasteiger partial charge in [-0.05, 0) is 57.3 Å². The molecule has 31 heavy (non-hydrogen) atoms. The number of ether oxygens (including phenoxy) is 1. The molecule has 1 aromatic carbocycles. The maximum atomic E-state index is 12.9. The van der Waals surface area contributed by atoms with Crippen LogP contribution in [0.2, 0.25) is 0 Å². The number of hydrogen-bond donors (Lipinski definition) is 1. The van der Waals surface area contributed by atoms with Crippen molar-refractivity contribution < 1.29 is 18.9 Å². The van der Waals surface area contributed by atoms with Crippen molar-refractivity contribution in [3.05, 3.63) is 74.4 Å². The van der Waals surface area contributed by atoms with E-state index in [0.717, 1.165) is 0 Å². The number of anilines is 1. The number of benzene rings is 1. The Morgan fingerprint density at radius 1 is 1.35 bits per heavy atom. The highest BCUT2D eigenvalue weighted by Crippen LogP contribution is 2.31. The first-order chi connectivity index (χ1) is 14.9. The van der Waals surface area contributed by atoms with Crippen LogP contribution in [0.4, 0.5) is 11.5 Å². The van der Waals surface area contributed by atoms with Crippen LogP contribution in [0.1, 0.15) is 11.5 Å². The van der Waals surface area contributed by atoms with Gasteiger partial charge in [-0.25, -0.2) is 4.90 Å². The Balaban J connectivity index is 1.54. The molecule has 1 N–H and O–H groups in total. The molecular formula is C19H14BrN5O5S. The molecule has 0 unspecified atom stereocenters. The molecule has 3 aromatic rings. The highest BCUT2D eigenvalue weighted by atomic mass is 79.9. The second-order valence-electron chi connectivity index (χ2n) is 6.36. The molecule has 0 radical (unpaired) electrons. The molecule has 0 atom stereocenters. The number of furan rings is 1. The third-order valence-electron chi connectivity index (χ3n) is 4.36. The zero-order valence-electron chi connectivity index (χ0n) is 15.9. The fourth-order valence-corrected chi connectivity index (χ4v) is 3.77. The first-order valence-electron chi connectivity index (χ1n) is 8.83. The quantitative estimate of drug-likeness (QED) is 0.235. The fourth-order valence-electron chi connectivity index (χ4n) is 3.02. The van der Waals surface area contributed by atoms with Crippen LogP contribution in [0.3, 0.4) is 0 Å². The number of hydrogen-bond acceptors (Lipinski definition) is 7. The molecule has 158 valence electrons. The first kappa shape index (κ1) is 20.8. The van der Waals surface area contributed by atoms with Gasteiger partial charge in [0.15, 0.2) is 5.11 Å². The summed E-state index contributed by atoms with van der Waals surface area (Å²) in [5, 5.41) is 17.9. The van der Waals surface area contributed by atoms with E-state index in [1.807, 2.05) is 0 Å². The molecule has 0 saturated carbocycles. The highest BCUT2D eigenvalue weighted by molar-refractivity contribution is 9.10. The topological polar surface area (TPSA) is 116 Å². The molecule has 10 nitrogen and oxygen atoms in total. The third kappa shape index (κ3) is 4.07. The van der Waals surface area contributed by atoms with Crippen molar-refractivity contribution in [2.24, 2.45) is 0 Å². The van der Waals surface area contributed by atoms with Gasteiger partial charge < -0.3 is 24.6 Å². The van der Waals surface area contributed by atoms with Gasteiger partial charge in [-0.3, -0.25) is 4.79 Å². The zero-order chi connectivity index (χ0) is 22.1. The molecule has 1 fully saturated rings. The number of nitrogens with zero attached hydrogens (tertiary/aromatic N) is 4. The third-order valence-corrected chi connectivity index (χ3v) is 5.21. The molecule has 1 aliphatic heterocycles. The molecule has 2 aromatic heterocycles. The van der Waals surface area contributed by atoms with Crippen molar-refractivity contribution in [1.29, 1.82) is 0 Å². The Hall–Kier alpha value is -3.51. The molecule has 1 saturated heterocycles. The molecule has 0 aliphatic carbocycles. The molecule has 12 heteroatoms. The zero-order valence-corrected chi connectivity index (χ0v) is 18.3. The van der Waals surface area contributed by atoms with Crippen LogP contribution >= 0.6 is 28.1 Å². The standard InChI is InChI=1S/C19H14BrN5O5S/c1-29-16-5-3-2-4-15(16)24-18(26)14(21-19(24)31)8-11-6-7-12(30-11)9-23-10-13(20)17(22-23)25(27)28/h2-8,10H,9H2,1H3,(H,21,31)/b14-8+. The van der Waals surface area contributed by atoms with Gasteiger partial charge in [-0.15, -0.1) is 0 Å². The van der Waals surface area contributed by atoms with Crippen LogP contribution in [0.15, 0.2) is 57.2 Å². The lowest BCUT2D eigenvalue weighted by atomic mass is 10.2. The molecular weight excluding hydrogens is 490 g/mol. The predicted molar refractivity (Wildman–Crippen MR) is 119 cm³/mol. The van der Waals surface area contributed by atoms with Crippen LogP contribution in [0, 0.1) is 10.1 Å². The van der Waals surface area contributed by atoms with E-state index in [9.17, 15) is 14.9 Å². The van der Waals surface area contributed by atoms with Crippen LogP contribution in [0.5, 0.6) is 5.75 Å². The number of nitrogens with one attached hydrogen (secondary N) is 1. The number of thiocarbonyl (C=S) groups is 1. The minimum absolute atomic E-state index is 0.183. The van der Waals surface area contributed by atoms with Gasteiger partial charge in [0.2, 0.25) is 0 Å². The van der Waals surface area contributed by atoms with Crippen LogP contribution in [-0.4, -0.2) is 32.8 Å². The lowest BCUT2D eigenvalue weighted by Gasteiger charge is -2.17. The van der Waals surface area contributed by atoms with E-state index < -0.39 is 4.92 Å². The van der Waals surface area contributed by atoms with E-state index in [2.05, 4.69) is 26.3 Å². The van der Waals surface area contributed by atoms with E-state index in [0.29, 0.717) is 23.0 Å². The van der Waals surface area contributed by atoms with E-state index in [-0.39, 0.29) is 33.6 Å². The maximum absolute atomic E-state index is 12.9. The average molecular weight is 504 g/mol. The number of halogens is 1. The minimum Gasteiger partial charge on any atom is -0.495 e. The molecule has 3 heterocycles. The highest BCUT2D eigenvalue weighted by Gasteiger charge is 2.33. The minimum atomic E-state index is -0.577. The summed E-state index contributed by atoms with van der Waals surface area (Å²) in [5.74, 6) is 0.808. The van der Waals surface area contributed by atoms with Crippen molar-refractivity contribution in [3.8, 4) is 5.75 Å². The largest absolute Gasteiger partial charge is 0.495 e. The van der Waals surface area contributed by atoms with Gasteiger partial charge in [0, 0.05) is 6.08 Å². The van der Waals surface area contributed by atoms with E-state index in [4.69, 9.17) is 21.4 Å². The van der Waals surface area contributed by atoms with Crippen molar-refractivity contribution in [2.75, 3.05) is 12.0 Å². The molecule has 4 rings (SSSR count). The SMILES string of the molecule is COc1ccccc1N1C(=O)/C(=C\c2ccc(Cn3cc(Br)c([N+](=O)[O-])n3)o2)NC1=S. The summed E-state index contributed by atoms with van der Waals surface area (Å²) in [6.45, 7) is 0.183. The fraction of sp³-hybridized carbons (Fsp3) is 0.105. The first-order valence-corrected chi connectivity index (χ1v) is 10.0. The monoisotopic (exact) mass is 503 g/mol. The second-order valence-corrected chi connectivity index (χ2v) is 7.60. The Morgan fingerprint density at radius 3 is 2.84 bits per heavy atom. The van der Waals surface area contributed by atoms with Crippen molar-refractivity contribution in [3.63, 3.8) is 0 Å². The maximum Gasteiger partial charge on any atom is 0.404 e. The number of para-hydroxylation sites is 2. The normalized spacial score (nSPS) is 14.9. The Morgan fingerprint density at radius 2 is 2.13 bits per heavy atom. The van der Waals surface area contributed by atoms with Gasteiger partial charge in [0.05, 0.1) is 24.1 Å². The number of carbonyl (C=O) groups excluding carboxylic acids is 1. The van der Waals surface area contributed by atoms with Crippen LogP contribution < -0.4 is 15.0 Å². The second kappa shape index (κ2) is 8.32. The summed E-state index contributed by atoms with van der Waals surface area (Å²) in [4.78, 5) is 24.6. The van der Waals surface area contributed by atoms with Crippen molar-refractivity contribution in [2.45, 2.75) is 6.54 Å². The lowest BCUT2D eigenvalue weighted by Crippen LogP contribution is -2.30. The van der Waals surface area contributed by atoms with Gasteiger partial charge in [0.1, 0.15) is 34.0 Å². The summed E-state index contributed by atoms with van der Waals surface area (Å²) in [5.41, 5.74) is 0.774. The predicted octanol–water partition coefficient (Wildman–Crippen LogP) is 3.47. The van der Waals surface area contributed by atoms with E-state index in [1.165, 1.54) is 29.0 Å². The van der Waals surface area contributed by atoms with Crippen LogP contribution in [0.25, 0.3) is 6.08 Å². The van der Waals surface area contributed by atoms with Gasteiger partial charge in [-0.1, -0.05) is 12.1 Å². The summed E-state index contributed by atoms with van der Waals surface area (Å²) in [7, 11) is 1.52. The van der Waals surface area contributed by atoms with Crippen molar-refractivity contribution >= 4 is 56.7 Å². The van der Waals surface area contributed by atoms with Gasteiger partial charge >= 0.3 is 5.82 Å². The van der Waals surface area contributed by atoms with Crippen LogP contribution in [-0.2, 0) is 11.3 Å².